The summed E-state index contributed by atoms with van der Waals surface area (Å²) in [6.07, 6.45) is 1.23. The molecule has 0 amide bonds. The van der Waals surface area contributed by atoms with Gasteiger partial charge in [0, 0.05) is 6.04 Å². The molecule has 2 aliphatic rings. The van der Waals surface area contributed by atoms with Crippen LogP contribution in [0.2, 0.25) is 0 Å². The van der Waals surface area contributed by atoms with E-state index in [-0.39, 0.29) is 12.4 Å². The highest BCUT2D eigenvalue weighted by molar-refractivity contribution is 5.85. The third-order valence-electron chi connectivity index (χ3n) is 2.18. The largest absolute Gasteiger partial charge is 0.312 e. The Hall–Kier alpha value is -0.260. The van der Waals surface area contributed by atoms with Gasteiger partial charge in [-0.15, -0.1) is 12.4 Å². The molecule has 1 heterocycles. The third-order valence-corrected chi connectivity index (χ3v) is 2.18. The van der Waals surface area contributed by atoms with Gasteiger partial charge >= 0.3 is 0 Å². The van der Waals surface area contributed by atoms with Crippen LogP contribution in [0.25, 0.3) is 0 Å². The molecule has 0 aromatic carbocycles. The molecule has 50 valence electrons. The van der Waals surface area contributed by atoms with E-state index in [1.165, 1.54) is 6.42 Å². The van der Waals surface area contributed by atoms with Crippen LogP contribution in [0, 0.1) is 23.2 Å². The van der Waals surface area contributed by atoms with Crippen LogP contribution in [0.3, 0.4) is 0 Å². The molecule has 1 saturated carbocycles. The SMILES string of the molecule is Cl.N#CC1C2CCNC12. The number of nitriles is 1. The zero-order chi connectivity index (χ0) is 5.56. The van der Waals surface area contributed by atoms with Crippen molar-refractivity contribution in [3.05, 3.63) is 0 Å². The Morgan fingerprint density at radius 1 is 1.56 bits per heavy atom. The number of piperidine rings is 1. The molecule has 1 N–H and O–H groups in total. The number of fused-ring (bicyclic) bond motifs is 1. The van der Waals surface area contributed by atoms with Crippen molar-refractivity contribution in [1.29, 1.82) is 5.26 Å². The average Bonchev–Trinajstić information content (AvgIpc) is 2.22. The number of hydrogen-bond acceptors (Lipinski definition) is 2. The van der Waals surface area contributed by atoms with Gasteiger partial charge < -0.3 is 5.32 Å². The fraction of sp³-hybridized carbons (Fsp3) is 0.833. The highest BCUT2D eigenvalue weighted by atomic mass is 35.5. The lowest BCUT2D eigenvalue weighted by Gasteiger charge is -1.91. The minimum absolute atomic E-state index is 0. The van der Waals surface area contributed by atoms with Crippen LogP contribution in [-0.2, 0) is 0 Å². The van der Waals surface area contributed by atoms with Crippen LogP contribution >= 0.6 is 12.4 Å². The van der Waals surface area contributed by atoms with E-state index < -0.39 is 0 Å². The second-order valence-corrected chi connectivity index (χ2v) is 2.59. The minimum atomic E-state index is 0. The van der Waals surface area contributed by atoms with E-state index >= 15 is 0 Å². The molecule has 2 rings (SSSR count). The summed E-state index contributed by atoms with van der Waals surface area (Å²) >= 11 is 0. The fourth-order valence-electron chi connectivity index (χ4n) is 1.60. The monoisotopic (exact) mass is 144 g/mol. The van der Waals surface area contributed by atoms with E-state index in [0.29, 0.717) is 12.0 Å². The van der Waals surface area contributed by atoms with Crippen molar-refractivity contribution in [1.82, 2.24) is 5.32 Å². The fourth-order valence-corrected chi connectivity index (χ4v) is 1.60. The van der Waals surface area contributed by atoms with Gasteiger partial charge in [0.25, 0.3) is 0 Å². The predicted octanol–water partition coefficient (Wildman–Crippen LogP) is 0.540. The van der Waals surface area contributed by atoms with Crippen molar-refractivity contribution in [3.63, 3.8) is 0 Å². The normalized spacial score (nSPS) is 44.6. The van der Waals surface area contributed by atoms with Crippen LogP contribution in [0.4, 0.5) is 0 Å². The first-order valence-corrected chi connectivity index (χ1v) is 3.06. The van der Waals surface area contributed by atoms with Gasteiger partial charge in [0.2, 0.25) is 0 Å². The van der Waals surface area contributed by atoms with Gasteiger partial charge in [0.05, 0.1) is 12.0 Å². The van der Waals surface area contributed by atoms with Crippen molar-refractivity contribution in [2.75, 3.05) is 6.54 Å². The zero-order valence-electron chi connectivity index (χ0n) is 5.00. The van der Waals surface area contributed by atoms with Crippen LogP contribution < -0.4 is 5.32 Å². The van der Waals surface area contributed by atoms with E-state index in [1.807, 2.05) is 0 Å². The van der Waals surface area contributed by atoms with Crippen LogP contribution in [0.1, 0.15) is 6.42 Å². The number of halogens is 1. The first-order valence-electron chi connectivity index (χ1n) is 3.06. The molecule has 0 aromatic heterocycles. The summed E-state index contributed by atoms with van der Waals surface area (Å²) in [7, 11) is 0. The van der Waals surface area contributed by atoms with E-state index in [9.17, 15) is 0 Å². The molecule has 3 heteroatoms. The number of rotatable bonds is 0. The number of hydrogen-bond donors (Lipinski definition) is 1. The van der Waals surface area contributed by atoms with Gasteiger partial charge in [-0.25, -0.2) is 0 Å². The summed E-state index contributed by atoms with van der Waals surface area (Å²) in [5.74, 6) is 1.09. The highest BCUT2D eigenvalue weighted by Crippen LogP contribution is 2.44. The van der Waals surface area contributed by atoms with E-state index in [0.717, 1.165) is 12.5 Å². The van der Waals surface area contributed by atoms with Gasteiger partial charge in [-0.3, -0.25) is 0 Å². The Kier molecular flexibility index (Phi) is 1.65. The van der Waals surface area contributed by atoms with Crippen LogP contribution in [0.15, 0.2) is 0 Å². The Balaban J connectivity index is 0.000000405. The Bertz CT molecular complexity index is 142. The molecule has 0 radical (unpaired) electrons. The molecule has 1 saturated heterocycles. The average molecular weight is 145 g/mol. The maximum atomic E-state index is 8.42. The third kappa shape index (κ3) is 0.810. The second kappa shape index (κ2) is 2.17. The summed E-state index contributed by atoms with van der Waals surface area (Å²) in [6.45, 7) is 1.13. The van der Waals surface area contributed by atoms with Gasteiger partial charge in [-0.2, -0.15) is 5.26 Å². The molecule has 0 spiro atoms. The standard InChI is InChI=1S/C6H8N2.ClH/c7-3-5-4-1-2-8-6(4)5;/h4-6,8H,1-2H2;1H. The molecular weight excluding hydrogens is 136 g/mol. The topological polar surface area (TPSA) is 35.8 Å². The van der Waals surface area contributed by atoms with Gasteiger partial charge in [0.15, 0.2) is 0 Å². The Morgan fingerprint density at radius 3 is 2.67 bits per heavy atom. The van der Waals surface area contributed by atoms with Gasteiger partial charge in [0.1, 0.15) is 0 Å². The molecule has 0 aromatic rings. The quantitative estimate of drug-likeness (QED) is 0.539. The summed E-state index contributed by atoms with van der Waals surface area (Å²) in [6, 6.07) is 2.86. The molecule has 3 atom stereocenters. The predicted molar refractivity (Wildman–Crippen MR) is 36.2 cm³/mol. The molecule has 0 bridgehead atoms. The minimum Gasteiger partial charge on any atom is -0.312 e. The van der Waals surface area contributed by atoms with E-state index in [4.69, 9.17) is 5.26 Å². The van der Waals surface area contributed by atoms with Crippen molar-refractivity contribution >= 4 is 12.4 Å². The molecule has 2 nitrogen and oxygen atoms in total. The Labute approximate surface area is 60.6 Å². The van der Waals surface area contributed by atoms with E-state index in [2.05, 4.69) is 11.4 Å². The lowest BCUT2D eigenvalue weighted by molar-refractivity contribution is 0.681. The van der Waals surface area contributed by atoms with Crippen molar-refractivity contribution in [2.45, 2.75) is 12.5 Å². The summed E-state index contributed by atoms with van der Waals surface area (Å²) < 4.78 is 0. The molecule has 1 aliphatic carbocycles. The molecule has 1 aliphatic heterocycles. The van der Waals surface area contributed by atoms with Crippen LogP contribution in [-0.4, -0.2) is 12.6 Å². The number of nitrogens with one attached hydrogen (secondary N) is 1. The van der Waals surface area contributed by atoms with Crippen molar-refractivity contribution in [2.24, 2.45) is 11.8 Å². The molecular formula is C6H9ClN2. The van der Waals surface area contributed by atoms with E-state index in [1.54, 1.807) is 0 Å². The maximum absolute atomic E-state index is 8.42. The highest BCUT2D eigenvalue weighted by Gasteiger charge is 2.53. The van der Waals surface area contributed by atoms with Gasteiger partial charge in [-0.05, 0) is 18.9 Å². The van der Waals surface area contributed by atoms with Gasteiger partial charge in [-0.1, -0.05) is 0 Å². The lowest BCUT2D eigenvalue weighted by atomic mass is 10.2. The number of nitrogens with zero attached hydrogens (tertiary/aromatic N) is 1. The summed E-state index contributed by atoms with van der Waals surface area (Å²) in [4.78, 5) is 0. The molecule has 3 unspecified atom stereocenters. The first-order chi connectivity index (χ1) is 3.93. The Morgan fingerprint density at radius 2 is 2.33 bits per heavy atom. The molecule has 2 fully saturated rings. The second-order valence-electron chi connectivity index (χ2n) is 2.59. The van der Waals surface area contributed by atoms with Crippen LogP contribution in [0.5, 0.6) is 0 Å². The zero-order valence-corrected chi connectivity index (χ0v) is 5.82. The lowest BCUT2D eigenvalue weighted by Crippen LogP contribution is -2.14. The van der Waals surface area contributed by atoms with Crippen molar-refractivity contribution in [3.8, 4) is 6.07 Å². The smallest absolute Gasteiger partial charge is 0.0675 e. The van der Waals surface area contributed by atoms with Crippen molar-refractivity contribution < 1.29 is 0 Å². The summed E-state index contributed by atoms with van der Waals surface area (Å²) in [5.41, 5.74) is 0. The first kappa shape index (κ1) is 6.85. The summed E-state index contributed by atoms with van der Waals surface area (Å²) in [5, 5.41) is 11.7. The maximum Gasteiger partial charge on any atom is 0.0675 e. The molecule has 9 heavy (non-hydrogen) atoms.